The Morgan fingerprint density at radius 2 is 1.41 bits per heavy atom. The predicted molar refractivity (Wildman–Crippen MR) is 91.6 cm³/mol. The fourth-order valence-electron chi connectivity index (χ4n) is 1.80. The first-order chi connectivity index (χ1) is 10.8. The van der Waals surface area contributed by atoms with Gasteiger partial charge in [-0.3, -0.25) is 0 Å². The summed E-state index contributed by atoms with van der Waals surface area (Å²) in [5, 5.41) is 24.8. The van der Waals surface area contributed by atoms with Crippen LogP contribution in [0, 0.1) is 22.7 Å². The number of benzene rings is 2. The second kappa shape index (κ2) is 7.78. The molecule has 4 nitrogen and oxygen atoms in total. The Morgan fingerprint density at radius 1 is 0.864 bits per heavy atom. The number of hydrogen-bond donors (Lipinski definition) is 2. The number of nitrogens with one attached hydrogen (secondary N) is 2. The molecular formula is C17H14N4S. The Morgan fingerprint density at radius 3 is 1.95 bits per heavy atom. The van der Waals surface area contributed by atoms with E-state index < -0.39 is 0 Å². The molecule has 22 heavy (non-hydrogen) atoms. The lowest BCUT2D eigenvalue weighted by molar-refractivity contribution is 1.43. The summed E-state index contributed by atoms with van der Waals surface area (Å²) in [5.41, 5.74) is 2.89. The molecule has 0 heterocycles. The highest BCUT2D eigenvalue weighted by Crippen LogP contribution is 2.23. The molecule has 0 saturated carbocycles. The lowest BCUT2D eigenvalue weighted by Crippen LogP contribution is -1.99. The molecule has 2 aromatic carbocycles. The fourth-order valence-corrected chi connectivity index (χ4v) is 2.31. The molecule has 0 atom stereocenters. The smallest absolute Gasteiger partial charge is 0.159 e. The Balaban J connectivity index is 2.11. The lowest BCUT2D eigenvalue weighted by Gasteiger charge is -2.10. The van der Waals surface area contributed by atoms with E-state index in [4.69, 9.17) is 10.5 Å². The molecular weight excluding hydrogens is 292 g/mol. The number of hydrogen-bond acceptors (Lipinski definition) is 5. The molecule has 2 rings (SSSR count). The van der Waals surface area contributed by atoms with Crippen molar-refractivity contribution < 1.29 is 0 Å². The van der Waals surface area contributed by atoms with Crippen LogP contribution in [-0.4, -0.2) is 6.26 Å². The molecule has 0 aromatic heterocycles. The van der Waals surface area contributed by atoms with Crippen molar-refractivity contribution in [3.63, 3.8) is 0 Å². The molecule has 2 N–H and O–H groups in total. The maximum atomic E-state index is 8.92. The van der Waals surface area contributed by atoms with Crippen LogP contribution in [0.4, 0.5) is 17.1 Å². The van der Waals surface area contributed by atoms with Gasteiger partial charge in [-0.25, -0.2) is 0 Å². The molecule has 0 aliphatic heterocycles. The first-order valence-electron chi connectivity index (χ1n) is 6.54. The van der Waals surface area contributed by atoms with Crippen LogP contribution in [0.3, 0.4) is 0 Å². The molecule has 0 unspecified atom stereocenters. The first kappa shape index (κ1) is 15.5. The number of anilines is 3. The van der Waals surface area contributed by atoms with Gasteiger partial charge in [-0.2, -0.15) is 10.5 Å². The predicted octanol–water partition coefficient (Wildman–Crippen LogP) is 4.46. The van der Waals surface area contributed by atoms with E-state index in [0.717, 1.165) is 17.1 Å². The third-order valence-corrected chi connectivity index (χ3v) is 3.57. The molecule has 0 aliphatic rings. The number of para-hydroxylation sites is 1. The van der Waals surface area contributed by atoms with Crippen LogP contribution in [0.2, 0.25) is 0 Å². The summed E-state index contributed by atoms with van der Waals surface area (Å²) in [6.07, 6.45) is 1.82. The van der Waals surface area contributed by atoms with E-state index in [-0.39, 0.29) is 5.57 Å². The van der Waals surface area contributed by atoms with Gasteiger partial charge in [0.1, 0.15) is 17.2 Å². The zero-order chi connectivity index (χ0) is 15.8. The average Bonchev–Trinajstić information content (AvgIpc) is 2.57. The van der Waals surface area contributed by atoms with E-state index in [1.165, 1.54) is 11.8 Å². The van der Waals surface area contributed by atoms with Gasteiger partial charge in [0.05, 0.1) is 0 Å². The van der Waals surface area contributed by atoms with E-state index in [9.17, 15) is 0 Å². The van der Waals surface area contributed by atoms with Crippen LogP contribution in [0.25, 0.3) is 0 Å². The van der Waals surface area contributed by atoms with Gasteiger partial charge < -0.3 is 10.6 Å². The van der Waals surface area contributed by atoms with Crippen LogP contribution in [-0.2, 0) is 0 Å². The van der Waals surface area contributed by atoms with Crippen LogP contribution in [0.15, 0.2) is 65.2 Å². The first-order valence-corrected chi connectivity index (χ1v) is 7.77. The van der Waals surface area contributed by atoms with E-state index >= 15 is 0 Å². The molecule has 0 saturated heterocycles. The third-order valence-electron chi connectivity index (χ3n) is 2.86. The highest BCUT2D eigenvalue weighted by molar-refractivity contribution is 8.02. The Labute approximate surface area is 134 Å². The lowest BCUT2D eigenvalue weighted by atomic mass is 10.2. The highest BCUT2D eigenvalue weighted by Gasteiger charge is 2.05. The second-order valence-electron chi connectivity index (χ2n) is 4.33. The van der Waals surface area contributed by atoms with Gasteiger partial charge in [-0.1, -0.05) is 18.2 Å². The molecule has 0 bridgehead atoms. The van der Waals surface area contributed by atoms with Gasteiger partial charge in [0, 0.05) is 17.1 Å². The normalized spacial score (nSPS) is 9.23. The van der Waals surface area contributed by atoms with Gasteiger partial charge in [-0.15, -0.1) is 11.8 Å². The van der Waals surface area contributed by atoms with Crippen molar-refractivity contribution in [1.29, 1.82) is 10.5 Å². The third kappa shape index (κ3) is 4.05. The van der Waals surface area contributed by atoms with Crippen LogP contribution in [0.1, 0.15) is 0 Å². The van der Waals surface area contributed by atoms with Crippen molar-refractivity contribution in [2.75, 3.05) is 16.9 Å². The summed E-state index contributed by atoms with van der Waals surface area (Å²) in [6, 6.07) is 21.3. The fraction of sp³-hybridized carbons (Fsp3) is 0.0588. The van der Waals surface area contributed by atoms with E-state index in [1.54, 1.807) is 0 Å². The minimum atomic E-state index is 0.0824. The van der Waals surface area contributed by atoms with Crippen molar-refractivity contribution in [2.45, 2.75) is 0 Å². The Kier molecular flexibility index (Phi) is 5.48. The molecule has 0 amide bonds. The van der Waals surface area contributed by atoms with Gasteiger partial charge in [0.25, 0.3) is 0 Å². The highest BCUT2D eigenvalue weighted by atomic mass is 32.2. The molecule has 0 fully saturated rings. The van der Waals surface area contributed by atoms with Gasteiger partial charge in [0.15, 0.2) is 5.57 Å². The van der Waals surface area contributed by atoms with E-state index in [0.29, 0.717) is 5.03 Å². The Bertz CT molecular complexity index is 721. The summed E-state index contributed by atoms with van der Waals surface area (Å²) < 4.78 is 0. The number of nitriles is 2. The molecule has 0 aliphatic carbocycles. The summed E-state index contributed by atoms with van der Waals surface area (Å²) in [4.78, 5) is 0. The number of nitrogens with zero attached hydrogens (tertiary/aromatic N) is 2. The van der Waals surface area contributed by atoms with Crippen LogP contribution < -0.4 is 10.6 Å². The zero-order valence-electron chi connectivity index (χ0n) is 12.0. The molecule has 5 heteroatoms. The van der Waals surface area contributed by atoms with Crippen molar-refractivity contribution in [3.05, 3.63) is 65.2 Å². The van der Waals surface area contributed by atoms with Gasteiger partial charge >= 0.3 is 0 Å². The van der Waals surface area contributed by atoms with Crippen molar-refractivity contribution in [1.82, 2.24) is 0 Å². The number of allylic oxidation sites excluding steroid dienone is 1. The maximum Gasteiger partial charge on any atom is 0.159 e. The number of rotatable bonds is 5. The average molecular weight is 306 g/mol. The van der Waals surface area contributed by atoms with Crippen LogP contribution >= 0.6 is 11.8 Å². The van der Waals surface area contributed by atoms with E-state index in [2.05, 4.69) is 10.6 Å². The van der Waals surface area contributed by atoms with Crippen LogP contribution in [0.5, 0.6) is 0 Å². The monoisotopic (exact) mass is 306 g/mol. The SMILES string of the molecule is CSC(Nc1ccc(Nc2ccccc2)cc1)=C(C#N)C#N. The zero-order valence-corrected chi connectivity index (χ0v) is 12.8. The van der Waals surface area contributed by atoms with E-state index in [1.807, 2.05) is 73.0 Å². The summed E-state index contributed by atoms with van der Waals surface area (Å²) in [5.74, 6) is 0. The minimum absolute atomic E-state index is 0.0824. The van der Waals surface area contributed by atoms with Gasteiger partial charge in [-0.05, 0) is 42.7 Å². The molecule has 108 valence electrons. The molecule has 0 spiro atoms. The largest absolute Gasteiger partial charge is 0.356 e. The molecule has 0 radical (unpaired) electrons. The quantitative estimate of drug-likeness (QED) is 0.798. The van der Waals surface area contributed by atoms with Crippen molar-refractivity contribution in [3.8, 4) is 12.1 Å². The summed E-state index contributed by atoms with van der Waals surface area (Å²) >= 11 is 1.34. The standard InChI is InChI=1S/C17H14N4S/c1-22-17(13(11-18)12-19)21-16-9-7-15(8-10-16)20-14-5-3-2-4-6-14/h2-10,20-21H,1H3. The second-order valence-corrected chi connectivity index (χ2v) is 5.14. The molecule has 2 aromatic rings. The summed E-state index contributed by atoms with van der Waals surface area (Å²) in [6.45, 7) is 0. The Hall–Kier alpha value is -2.89. The van der Waals surface area contributed by atoms with Gasteiger partial charge in [0.2, 0.25) is 0 Å². The topological polar surface area (TPSA) is 71.6 Å². The summed E-state index contributed by atoms with van der Waals surface area (Å²) in [7, 11) is 0. The van der Waals surface area contributed by atoms with Crippen molar-refractivity contribution in [2.24, 2.45) is 0 Å². The maximum absolute atomic E-state index is 8.92. The van der Waals surface area contributed by atoms with Crippen molar-refractivity contribution >= 4 is 28.8 Å². The number of thioether (sulfide) groups is 1. The minimum Gasteiger partial charge on any atom is -0.356 e.